The number of allylic oxidation sites excluding steroid dienone is 2. The fourth-order valence-corrected chi connectivity index (χ4v) is 3.79. The number of hydrazone groups is 1. The number of nitro groups is 1. The number of nitrogens with zero attached hydrogens (tertiary/aromatic N) is 2. The summed E-state index contributed by atoms with van der Waals surface area (Å²) in [5, 5.41) is 15.6. The van der Waals surface area contributed by atoms with Gasteiger partial charge < -0.3 is 0 Å². The standard InChI is InChI=1S/C21H19N3O3/c25-20-8-4-7-18-21(20)17(14-9-11-16(12-10-14)24(26)27)13-19(23-22-18)15-5-2-1-3-6-15/h1-3,5-6,9-12,17,22H,4,7-8,13H2. The normalized spacial score (nSPS) is 19.6. The number of nitrogens with one attached hydrogen (secondary N) is 1. The predicted octanol–water partition coefficient (Wildman–Crippen LogP) is 4.08. The van der Waals surface area contributed by atoms with Crippen molar-refractivity contribution in [1.82, 2.24) is 5.43 Å². The monoisotopic (exact) mass is 361 g/mol. The molecule has 136 valence electrons. The van der Waals surface area contributed by atoms with Crippen molar-refractivity contribution in [3.63, 3.8) is 0 Å². The third-order valence-electron chi connectivity index (χ3n) is 5.14. The van der Waals surface area contributed by atoms with Gasteiger partial charge in [-0.15, -0.1) is 0 Å². The second-order valence-electron chi connectivity index (χ2n) is 6.81. The van der Waals surface area contributed by atoms with Crippen LogP contribution in [-0.2, 0) is 4.79 Å². The average molecular weight is 361 g/mol. The summed E-state index contributed by atoms with van der Waals surface area (Å²) >= 11 is 0. The minimum absolute atomic E-state index is 0.0478. The summed E-state index contributed by atoms with van der Waals surface area (Å²) in [5.41, 5.74) is 7.60. The van der Waals surface area contributed by atoms with E-state index in [0.717, 1.165) is 41.0 Å². The molecule has 4 rings (SSSR count). The second kappa shape index (κ2) is 7.15. The van der Waals surface area contributed by atoms with Crippen LogP contribution < -0.4 is 5.43 Å². The minimum Gasteiger partial charge on any atom is -0.294 e. The van der Waals surface area contributed by atoms with E-state index >= 15 is 0 Å². The van der Waals surface area contributed by atoms with Gasteiger partial charge in [-0.1, -0.05) is 42.5 Å². The number of carbonyl (C=O) groups is 1. The van der Waals surface area contributed by atoms with E-state index < -0.39 is 4.92 Å². The highest BCUT2D eigenvalue weighted by atomic mass is 16.6. The Bertz CT molecular complexity index is 946. The molecule has 0 fully saturated rings. The second-order valence-corrected chi connectivity index (χ2v) is 6.81. The van der Waals surface area contributed by atoms with Crippen LogP contribution in [0.3, 0.4) is 0 Å². The Labute approximate surface area is 156 Å². The van der Waals surface area contributed by atoms with Crippen molar-refractivity contribution in [2.45, 2.75) is 31.6 Å². The van der Waals surface area contributed by atoms with Crippen molar-refractivity contribution in [1.29, 1.82) is 0 Å². The van der Waals surface area contributed by atoms with Gasteiger partial charge in [-0.25, -0.2) is 0 Å². The molecule has 0 saturated heterocycles. The van der Waals surface area contributed by atoms with Gasteiger partial charge in [0.05, 0.1) is 10.6 Å². The van der Waals surface area contributed by atoms with Crippen LogP contribution in [0.15, 0.2) is 71.0 Å². The maximum absolute atomic E-state index is 12.7. The zero-order valence-electron chi connectivity index (χ0n) is 14.7. The molecule has 2 aromatic rings. The van der Waals surface area contributed by atoms with Crippen LogP contribution in [0.25, 0.3) is 0 Å². The number of rotatable bonds is 3. The van der Waals surface area contributed by atoms with Gasteiger partial charge in [0.25, 0.3) is 5.69 Å². The van der Waals surface area contributed by atoms with Gasteiger partial charge in [0.2, 0.25) is 0 Å². The first kappa shape index (κ1) is 17.1. The highest BCUT2D eigenvalue weighted by Crippen LogP contribution is 2.38. The molecule has 0 spiro atoms. The summed E-state index contributed by atoms with van der Waals surface area (Å²) in [5.74, 6) is -0.0285. The molecule has 0 radical (unpaired) electrons. The molecular weight excluding hydrogens is 342 g/mol. The number of benzene rings is 2. The fourth-order valence-electron chi connectivity index (χ4n) is 3.79. The highest BCUT2D eigenvalue weighted by molar-refractivity contribution is 6.04. The van der Waals surface area contributed by atoms with Gasteiger partial charge in [0.1, 0.15) is 0 Å². The van der Waals surface area contributed by atoms with Gasteiger partial charge in [0, 0.05) is 42.2 Å². The quantitative estimate of drug-likeness (QED) is 0.659. The van der Waals surface area contributed by atoms with Crippen LogP contribution in [0, 0.1) is 10.1 Å². The van der Waals surface area contributed by atoms with Crippen molar-refractivity contribution in [2.24, 2.45) is 5.10 Å². The van der Waals surface area contributed by atoms with Crippen LogP contribution >= 0.6 is 0 Å². The number of carbonyl (C=O) groups excluding carboxylic acids is 1. The number of non-ortho nitro benzene ring substituents is 1. The number of nitro benzene ring substituents is 1. The molecule has 0 bridgehead atoms. The molecule has 0 saturated carbocycles. The largest absolute Gasteiger partial charge is 0.294 e. The van der Waals surface area contributed by atoms with E-state index in [1.807, 2.05) is 30.3 Å². The molecule has 6 heteroatoms. The number of hydrogen-bond donors (Lipinski definition) is 1. The van der Waals surface area contributed by atoms with E-state index in [4.69, 9.17) is 0 Å². The van der Waals surface area contributed by atoms with Crippen LogP contribution in [0.5, 0.6) is 0 Å². The Hall–Kier alpha value is -3.28. The molecule has 2 aliphatic rings. The van der Waals surface area contributed by atoms with Crippen molar-refractivity contribution in [3.05, 3.63) is 87.1 Å². The number of hydrogen-bond acceptors (Lipinski definition) is 5. The molecule has 0 amide bonds. The van der Waals surface area contributed by atoms with Crippen molar-refractivity contribution in [3.8, 4) is 0 Å². The smallest absolute Gasteiger partial charge is 0.269 e. The first-order chi connectivity index (χ1) is 13.1. The summed E-state index contributed by atoms with van der Waals surface area (Å²) in [4.78, 5) is 23.3. The van der Waals surface area contributed by atoms with E-state index in [9.17, 15) is 14.9 Å². The minimum atomic E-state index is -0.411. The Balaban J connectivity index is 1.77. The van der Waals surface area contributed by atoms with E-state index in [-0.39, 0.29) is 17.4 Å². The Morgan fingerprint density at radius 3 is 2.48 bits per heavy atom. The molecule has 6 nitrogen and oxygen atoms in total. The Kier molecular flexibility index (Phi) is 4.54. The lowest BCUT2D eigenvalue weighted by molar-refractivity contribution is -0.384. The van der Waals surface area contributed by atoms with Gasteiger partial charge in [-0.2, -0.15) is 5.10 Å². The molecule has 1 heterocycles. The fraction of sp³-hybridized carbons (Fsp3) is 0.238. The maximum Gasteiger partial charge on any atom is 0.269 e. The molecule has 1 aliphatic carbocycles. The van der Waals surface area contributed by atoms with E-state index in [1.165, 1.54) is 12.1 Å². The van der Waals surface area contributed by atoms with E-state index in [0.29, 0.717) is 12.8 Å². The molecule has 1 aliphatic heterocycles. The van der Waals surface area contributed by atoms with Gasteiger partial charge in [-0.3, -0.25) is 20.3 Å². The molecule has 0 aromatic heterocycles. The van der Waals surface area contributed by atoms with Crippen LogP contribution in [0.1, 0.15) is 42.7 Å². The predicted molar refractivity (Wildman–Crippen MR) is 102 cm³/mol. The third-order valence-corrected chi connectivity index (χ3v) is 5.14. The lowest BCUT2D eigenvalue weighted by Crippen LogP contribution is -2.21. The first-order valence-corrected chi connectivity index (χ1v) is 9.02. The van der Waals surface area contributed by atoms with Crippen LogP contribution in [0.2, 0.25) is 0 Å². The zero-order valence-corrected chi connectivity index (χ0v) is 14.7. The third kappa shape index (κ3) is 3.38. The molecule has 1 atom stereocenters. The van der Waals surface area contributed by atoms with Gasteiger partial charge in [0.15, 0.2) is 5.78 Å². The topological polar surface area (TPSA) is 84.6 Å². The van der Waals surface area contributed by atoms with Crippen molar-refractivity contribution in [2.75, 3.05) is 0 Å². The first-order valence-electron chi connectivity index (χ1n) is 9.02. The summed E-state index contributed by atoms with van der Waals surface area (Å²) in [6.07, 6.45) is 2.70. The van der Waals surface area contributed by atoms with Crippen molar-refractivity contribution < 1.29 is 9.72 Å². The van der Waals surface area contributed by atoms with Crippen LogP contribution in [-0.4, -0.2) is 16.4 Å². The summed E-state index contributed by atoms with van der Waals surface area (Å²) < 4.78 is 0. The van der Waals surface area contributed by atoms with E-state index in [1.54, 1.807) is 12.1 Å². The molecule has 1 N–H and O–H groups in total. The summed E-state index contributed by atoms with van der Waals surface area (Å²) in [7, 11) is 0. The van der Waals surface area contributed by atoms with Crippen molar-refractivity contribution >= 4 is 17.2 Å². The zero-order chi connectivity index (χ0) is 18.8. The molecule has 2 aromatic carbocycles. The van der Waals surface area contributed by atoms with Gasteiger partial charge in [-0.05, 0) is 24.0 Å². The van der Waals surface area contributed by atoms with Crippen LogP contribution in [0.4, 0.5) is 5.69 Å². The Morgan fingerprint density at radius 1 is 1.04 bits per heavy atom. The highest BCUT2D eigenvalue weighted by Gasteiger charge is 2.32. The van der Waals surface area contributed by atoms with Gasteiger partial charge >= 0.3 is 0 Å². The SMILES string of the molecule is O=C1CCCC2=C1C(c1ccc([N+](=O)[O-])cc1)CC(c1ccccc1)=NN2. The average Bonchev–Trinajstić information content (AvgIpc) is 2.90. The molecular formula is C21H19N3O3. The summed E-state index contributed by atoms with van der Waals surface area (Å²) in [6.45, 7) is 0. The number of ketones is 1. The lowest BCUT2D eigenvalue weighted by atomic mass is 9.79. The lowest BCUT2D eigenvalue weighted by Gasteiger charge is -2.24. The Morgan fingerprint density at radius 2 is 1.78 bits per heavy atom. The number of Topliss-reactive ketones (excluding diaryl/α,β-unsaturated/α-hetero) is 1. The van der Waals surface area contributed by atoms with E-state index in [2.05, 4.69) is 10.5 Å². The summed E-state index contributed by atoms with van der Waals surface area (Å²) in [6, 6.07) is 16.4. The maximum atomic E-state index is 12.7. The molecule has 1 unspecified atom stereocenters. The molecule has 27 heavy (non-hydrogen) atoms.